The summed E-state index contributed by atoms with van der Waals surface area (Å²) in [7, 11) is 1.71. The summed E-state index contributed by atoms with van der Waals surface area (Å²) in [6.07, 6.45) is 5.70. The molecular weight excluding hydrogens is 262 g/mol. The Kier molecular flexibility index (Phi) is 7.76. The minimum atomic E-state index is 0.0770. The first kappa shape index (κ1) is 17.4. The Labute approximate surface area is 128 Å². The van der Waals surface area contributed by atoms with Crippen LogP contribution in [-0.4, -0.2) is 18.0 Å². The summed E-state index contributed by atoms with van der Waals surface area (Å²) in [4.78, 5) is 17.9. The summed E-state index contributed by atoms with van der Waals surface area (Å²) < 4.78 is 0. The van der Waals surface area contributed by atoms with E-state index < -0.39 is 0 Å². The first-order chi connectivity index (χ1) is 10.1. The minimum absolute atomic E-state index is 0.0770. The lowest BCUT2D eigenvalue weighted by Gasteiger charge is -2.22. The summed E-state index contributed by atoms with van der Waals surface area (Å²) >= 11 is 0. The largest absolute Gasteiger partial charge is 0.272 e. The fourth-order valence-electron chi connectivity index (χ4n) is 2.33. The van der Waals surface area contributed by atoms with Gasteiger partial charge in [-0.2, -0.15) is 0 Å². The van der Waals surface area contributed by atoms with Crippen molar-refractivity contribution in [3.05, 3.63) is 42.0 Å². The van der Waals surface area contributed by atoms with Gasteiger partial charge in [-0.05, 0) is 24.0 Å². The van der Waals surface area contributed by atoms with Gasteiger partial charge < -0.3 is 0 Å². The quantitative estimate of drug-likeness (QED) is 0.629. The monoisotopic (exact) mass is 289 g/mol. The van der Waals surface area contributed by atoms with E-state index in [1.54, 1.807) is 13.1 Å². The van der Waals surface area contributed by atoms with Gasteiger partial charge in [0.15, 0.2) is 0 Å². The zero-order valence-electron chi connectivity index (χ0n) is 13.5. The van der Waals surface area contributed by atoms with Crippen LogP contribution in [-0.2, 0) is 16.2 Å². The van der Waals surface area contributed by atoms with Gasteiger partial charge >= 0.3 is 0 Å². The SMILES string of the molecule is C=Cc1ccc(CON(C)C(=O)C(CCC)CCC)cc1. The molecule has 0 heterocycles. The highest BCUT2D eigenvalue weighted by atomic mass is 16.7. The van der Waals surface area contributed by atoms with Crippen LogP contribution in [0, 0.1) is 5.92 Å². The van der Waals surface area contributed by atoms with Gasteiger partial charge in [-0.25, -0.2) is 5.06 Å². The lowest BCUT2D eigenvalue weighted by atomic mass is 9.97. The van der Waals surface area contributed by atoms with Crippen molar-refractivity contribution in [2.45, 2.75) is 46.1 Å². The molecule has 3 heteroatoms. The summed E-state index contributed by atoms with van der Waals surface area (Å²) in [6, 6.07) is 7.96. The predicted octanol–water partition coefficient (Wildman–Crippen LogP) is 4.44. The van der Waals surface area contributed by atoms with Crippen molar-refractivity contribution in [1.82, 2.24) is 5.06 Å². The molecule has 1 aromatic carbocycles. The molecule has 0 saturated carbocycles. The average Bonchev–Trinajstić information content (AvgIpc) is 2.52. The Morgan fingerprint density at radius 2 is 1.81 bits per heavy atom. The molecule has 0 aliphatic heterocycles. The Bertz CT molecular complexity index is 433. The normalized spacial score (nSPS) is 10.7. The predicted molar refractivity (Wildman–Crippen MR) is 87.4 cm³/mol. The Morgan fingerprint density at radius 3 is 2.29 bits per heavy atom. The maximum absolute atomic E-state index is 12.3. The van der Waals surface area contributed by atoms with Crippen molar-refractivity contribution in [3.8, 4) is 0 Å². The molecule has 1 aromatic rings. The number of amides is 1. The molecule has 0 bridgehead atoms. The van der Waals surface area contributed by atoms with E-state index in [1.165, 1.54) is 5.06 Å². The molecule has 0 unspecified atom stereocenters. The zero-order valence-corrected chi connectivity index (χ0v) is 13.5. The second kappa shape index (κ2) is 9.35. The molecule has 0 radical (unpaired) electrons. The van der Waals surface area contributed by atoms with Crippen LogP contribution in [0.4, 0.5) is 0 Å². The van der Waals surface area contributed by atoms with Crippen LogP contribution in [0.2, 0.25) is 0 Å². The first-order valence-corrected chi connectivity index (χ1v) is 7.74. The average molecular weight is 289 g/mol. The van der Waals surface area contributed by atoms with Gasteiger partial charge in [-0.15, -0.1) is 0 Å². The molecule has 0 saturated heterocycles. The summed E-state index contributed by atoms with van der Waals surface area (Å²) in [5.74, 6) is 0.162. The lowest BCUT2D eigenvalue weighted by molar-refractivity contribution is -0.187. The molecule has 3 nitrogen and oxygen atoms in total. The van der Waals surface area contributed by atoms with E-state index in [9.17, 15) is 4.79 Å². The molecular formula is C18H27NO2. The van der Waals surface area contributed by atoms with Crippen LogP contribution in [0.25, 0.3) is 6.08 Å². The number of carbonyl (C=O) groups excluding carboxylic acids is 1. The van der Waals surface area contributed by atoms with Crippen molar-refractivity contribution < 1.29 is 9.63 Å². The lowest BCUT2D eigenvalue weighted by Crippen LogP contribution is -2.33. The highest BCUT2D eigenvalue weighted by molar-refractivity contribution is 5.77. The van der Waals surface area contributed by atoms with Crippen molar-refractivity contribution in [2.24, 2.45) is 5.92 Å². The van der Waals surface area contributed by atoms with Gasteiger partial charge in [-0.1, -0.05) is 63.6 Å². The van der Waals surface area contributed by atoms with Gasteiger partial charge in [0.2, 0.25) is 5.91 Å². The van der Waals surface area contributed by atoms with E-state index in [2.05, 4.69) is 20.4 Å². The van der Waals surface area contributed by atoms with Gasteiger partial charge in [0.25, 0.3) is 0 Å². The second-order valence-electron chi connectivity index (χ2n) is 5.33. The van der Waals surface area contributed by atoms with Crippen LogP contribution in [0.1, 0.15) is 50.7 Å². The molecule has 0 aliphatic carbocycles. The molecule has 1 amide bonds. The number of hydroxylamine groups is 2. The van der Waals surface area contributed by atoms with Gasteiger partial charge in [0.1, 0.15) is 6.61 Å². The van der Waals surface area contributed by atoms with Crippen molar-refractivity contribution in [1.29, 1.82) is 0 Å². The van der Waals surface area contributed by atoms with Gasteiger partial charge in [0.05, 0.1) is 0 Å². The second-order valence-corrected chi connectivity index (χ2v) is 5.33. The van der Waals surface area contributed by atoms with Crippen LogP contribution < -0.4 is 0 Å². The molecule has 0 fully saturated rings. The van der Waals surface area contributed by atoms with E-state index in [1.807, 2.05) is 24.3 Å². The third-order valence-electron chi connectivity index (χ3n) is 3.57. The number of benzene rings is 1. The third kappa shape index (κ3) is 5.72. The highest BCUT2D eigenvalue weighted by Crippen LogP contribution is 2.17. The van der Waals surface area contributed by atoms with Crippen LogP contribution in [0.3, 0.4) is 0 Å². The van der Waals surface area contributed by atoms with Crippen molar-refractivity contribution >= 4 is 12.0 Å². The fourth-order valence-corrected chi connectivity index (χ4v) is 2.33. The van der Waals surface area contributed by atoms with E-state index in [0.29, 0.717) is 6.61 Å². The van der Waals surface area contributed by atoms with Crippen LogP contribution >= 0.6 is 0 Å². The molecule has 21 heavy (non-hydrogen) atoms. The molecule has 116 valence electrons. The molecule has 0 aromatic heterocycles. The molecule has 1 rings (SSSR count). The van der Waals surface area contributed by atoms with Gasteiger partial charge in [-0.3, -0.25) is 9.63 Å². The summed E-state index contributed by atoms with van der Waals surface area (Å²) in [6.45, 7) is 8.35. The van der Waals surface area contributed by atoms with E-state index in [4.69, 9.17) is 4.84 Å². The topological polar surface area (TPSA) is 29.5 Å². The standard InChI is InChI=1S/C18H27NO2/c1-5-8-17(9-6-2)18(20)19(4)21-14-16-12-10-15(7-3)11-13-16/h7,10-13,17H,3,5-6,8-9,14H2,1-2,4H3. The highest BCUT2D eigenvalue weighted by Gasteiger charge is 2.21. The number of hydrogen-bond donors (Lipinski definition) is 0. The third-order valence-corrected chi connectivity index (χ3v) is 3.57. The van der Waals surface area contributed by atoms with E-state index in [-0.39, 0.29) is 11.8 Å². The fraction of sp³-hybridized carbons (Fsp3) is 0.500. The maximum Gasteiger partial charge on any atom is 0.248 e. The Hall–Kier alpha value is -1.61. The van der Waals surface area contributed by atoms with E-state index in [0.717, 1.165) is 36.8 Å². The zero-order chi connectivity index (χ0) is 15.7. The van der Waals surface area contributed by atoms with E-state index >= 15 is 0 Å². The molecule has 0 atom stereocenters. The maximum atomic E-state index is 12.3. The van der Waals surface area contributed by atoms with Crippen LogP contribution in [0.5, 0.6) is 0 Å². The Balaban J connectivity index is 2.52. The number of hydrogen-bond acceptors (Lipinski definition) is 2. The number of carbonyl (C=O) groups is 1. The Morgan fingerprint density at radius 1 is 1.24 bits per heavy atom. The van der Waals surface area contributed by atoms with Crippen molar-refractivity contribution in [3.63, 3.8) is 0 Å². The molecule has 0 N–H and O–H groups in total. The number of nitrogens with zero attached hydrogens (tertiary/aromatic N) is 1. The summed E-state index contributed by atoms with van der Waals surface area (Å²) in [5.41, 5.74) is 2.12. The smallest absolute Gasteiger partial charge is 0.248 e. The number of rotatable bonds is 9. The minimum Gasteiger partial charge on any atom is -0.272 e. The first-order valence-electron chi connectivity index (χ1n) is 7.74. The van der Waals surface area contributed by atoms with Crippen LogP contribution in [0.15, 0.2) is 30.8 Å². The summed E-state index contributed by atoms with van der Waals surface area (Å²) in [5, 5.41) is 1.40. The molecule has 0 aliphatic rings. The molecule has 0 spiro atoms. The van der Waals surface area contributed by atoms with Gasteiger partial charge in [0, 0.05) is 13.0 Å². The van der Waals surface area contributed by atoms with Crippen molar-refractivity contribution in [2.75, 3.05) is 7.05 Å².